The third-order valence-electron chi connectivity index (χ3n) is 16.1. The van der Waals surface area contributed by atoms with E-state index < -0.39 is 67.4 Å². The second-order valence-corrected chi connectivity index (χ2v) is 23.6. The molecule has 0 bridgehead atoms. The molecule has 1 aliphatic heterocycles. The third-order valence-corrected chi connectivity index (χ3v) is 16.1. The number of unbranched alkanes of at least 4 members (excludes halogenated alkanes) is 40. The van der Waals surface area contributed by atoms with E-state index in [2.05, 4.69) is 38.2 Å². The summed E-state index contributed by atoms with van der Waals surface area (Å²) in [6.07, 6.45) is 60.4. The van der Waals surface area contributed by atoms with Crippen molar-refractivity contribution in [2.24, 2.45) is 0 Å². The van der Waals surface area contributed by atoms with Gasteiger partial charge in [-0.3, -0.25) is 9.59 Å². The summed E-state index contributed by atoms with van der Waals surface area (Å²) in [6.45, 7) is 5.67. The number of hydrogen-bond donors (Lipinski definition) is 6. The molecule has 1 rings (SSSR count). The Balaban J connectivity index is 2.51. The molecule has 1 saturated heterocycles. The lowest BCUT2D eigenvalue weighted by Crippen LogP contribution is -2.61. The molecule has 1 fully saturated rings. The summed E-state index contributed by atoms with van der Waals surface area (Å²) in [4.78, 5) is 26.6. The van der Waals surface area contributed by atoms with Gasteiger partial charge in [-0.1, -0.05) is 313 Å². The molecule has 0 aromatic heterocycles. The second kappa shape index (κ2) is 57.1. The number of esters is 1. The van der Waals surface area contributed by atoms with Crippen molar-refractivity contribution in [3.8, 4) is 0 Å². The largest absolute Gasteiger partial charge is 0.454 e. The number of nitrogens with one attached hydrogen (secondary N) is 1. The van der Waals surface area contributed by atoms with Crippen LogP contribution in [0.25, 0.3) is 0 Å². The molecule has 8 unspecified atom stereocenters. The summed E-state index contributed by atoms with van der Waals surface area (Å²) >= 11 is 0. The summed E-state index contributed by atoms with van der Waals surface area (Å²) in [5.74, 6) is -1.21. The summed E-state index contributed by atoms with van der Waals surface area (Å²) in [5.41, 5.74) is 0. The molecule has 0 aliphatic carbocycles. The topological polar surface area (TPSA) is 175 Å². The van der Waals surface area contributed by atoms with E-state index in [-0.39, 0.29) is 19.4 Å². The zero-order valence-corrected chi connectivity index (χ0v) is 52.0. The van der Waals surface area contributed by atoms with Crippen LogP contribution in [-0.2, 0) is 23.8 Å². The fourth-order valence-electron chi connectivity index (χ4n) is 10.7. The standard InChI is InChI=1S/C69H127NO10/c1-4-7-10-13-16-19-22-25-26-27-28-29-30-31-32-33-34-35-36-37-38-39-42-45-48-51-54-57-64(74)80-67-66(76)65(75)63(58-71)79-69(67)78-59-60(61(72)55-52-49-46-43-40-23-20-17-14-11-8-5-2)70-68(77)62(73)56-53-50-47-44-41-24-21-18-15-12-9-6-3/h9,12,15,18,21,24,52,55,60-63,65-67,69,71-73,75-76H,4-8,10-11,13-14,16-17,19-20,22-23,25-51,53-54,56-59H2,1-3H3,(H,70,77)/b12-9+,18-15+,24-21-,55-52+. The quantitative estimate of drug-likeness (QED) is 0.0149. The van der Waals surface area contributed by atoms with Crippen LogP contribution in [0.1, 0.15) is 316 Å². The predicted molar refractivity (Wildman–Crippen MR) is 334 cm³/mol. The molecule has 8 atom stereocenters. The van der Waals surface area contributed by atoms with Crippen LogP contribution >= 0.6 is 0 Å². The maximum atomic E-state index is 13.4. The summed E-state index contributed by atoms with van der Waals surface area (Å²) in [7, 11) is 0. The van der Waals surface area contributed by atoms with Gasteiger partial charge < -0.3 is 45.1 Å². The van der Waals surface area contributed by atoms with Crippen molar-refractivity contribution in [2.75, 3.05) is 13.2 Å². The van der Waals surface area contributed by atoms with Gasteiger partial charge in [0.1, 0.15) is 24.4 Å². The monoisotopic (exact) mass is 1130 g/mol. The van der Waals surface area contributed by atoms with Gasteiger partial charge in [-0.05, 0) is 44.9 Å². The molecule has 80 heavy (non-hydrogen) atoms. The maximum Gasteiger partial charge on any atom is 0.306 e. The minimum Gasteiger partial charge on any atom is -0.454 e. The van der Waals surface area contributed by atoms with Gasteiger partial charge in [-0.15, -0.1) is 0 Å². The first-order chi connectivity index (χ1) is 39.2. The molecular weight excluding hydrogens is 1000 g/mol. The third kappa shape index (κ3) is 44.2. The average Bonchev–Trinajstić information content (AvgIpc) is 3.46. The van der Waals surface area contributed by atoms with E-state index in [9.17, 15) is 35.1 Å². The van der Waals surface area contributed by atoms with E-state index >= 15 is 0 Å². The highest BCUT2D eigenvalue weighted by atomic mass is 16.7. The first kappa shape index (κ1) is 75.6. The molecule has 0 spiro atoms. The molecule has 0 aromatic carbocycles. The highest BCUT2D eigenvalue weighted by Crippen LogP contribution is 2.26. The van der Waals surface area contributed by atoms with Gasteiger partial charge in [0.2, 0.25) is 5.91 Å². The van der Waals surface area contributed by atoms with Crippen molar-refractivity contribution in [1.82, 2.24) is 5.32 Å². The SMILES string of the molecule is CC/C=C/C=C/C=C\CCCCCCC(O)C(=O)NC(COC1OC(CO)C(O)C(O)C1OC(=O)CCCCCCCCCCCCCCCCCCCCCCCCCCCCC)C(O)/C=C/CCCCCCCCCCCC. The highest BCUT2D eigenvalue weighted by Gasteiger charge is 2.47. The molecule has 0 aromatic rings. The minimum absolute atomic E-state index is 0.125. The summed E-state index contributed by atoms with van der Waals surface area (Å²) in [6, 6.07) is -1.03. The Morgan fingerprint density at radius 2 is 0.900 bits per heavy atom. The van der Waals surface area contributed by atoms with Crippen molar-refractivity contribution in [3.05, 3.63) is 48.6 Å². The van der Waals surface area contributed by atoms with E-state index in [0.717, 1.165) is 70.6 Å². The fraction of sp³-hybridized carbons (Fsp3) is 0.855. The second-order valence-electron chi connectivity index (χ2n) is 23.6. The Hall–Kier alpha value is -2.38. The van der Waals surface area contributed by atoms with Crippen molar-refractivity contribution >= 4 is 11.9 Å². The van der Waals surface area contributed by atoms with Crippen molar-refractivity contribution in [2.45, 2.75) is 365 Å². The molecule has 1 aliphatic rings. The molecule has 0 saturated carbocycles. The number of hydrogen-bond acceptors (Lipinski definition) is 10. The molecule has 11 heteroatoms. The van der Waals surface area contributed by atoms with E-state index in [1.807, 2.05) is 30.4 Å². The Kier molecular flexibility index (Phi) is 54.0. The van der Waals surface area contributed by atoms with Crippen LogP contribution in [0.3, 0.4) is 0 Å². The van der Waals surface area contributed by atoms with Crippen LogP contribution in [0, 0.1) is 0 Å². The number of amides is 1. The lowest BCUT2D eigenvalue weighted by atomic mass is 9.99. The number of carbonyl (C=O) groups excluding carboxylic acids is 2. The number of aliphatic hydroxyl groups excluding tert-OH is 5. The van der Waals surface area contributed by atoms with Crippen LogP contribution in [-0.4, -0.2) is 99.6 Å². The number of rotatable bonds is 58. The van der Waals surface area contributed by atoms with Gasteiger partial charge in [-0.25, -0.2) is 0 Å². The maximum absolute atomic E-state index is 13.4. The van der Waals surface area contributed by atoms with Crippen LogP contribution in [0.5, 0.6) is 0 Å². The fourth-order valence-corrected chi connectivity index (χ4v) is 10.7. The van der Waals surface area contributed by atoms with Crippen LogP contribution in [0.15, 0.2) is 48.6 Å². The molecule has 468 valence electrons. The van der Waals surface area contributed by atoms with Gasteiger partial charge in [-0.2, -0.15) is 0 Å². The molecular formula is C69H127NO10. The van der Waals surface area contributed by atoms with Crippen LogP contribution in [0.4, 0.5) is 0 Å². The van der Waals surface area contributed by atoms with Crippen molar-refractivity contribution in [1.29, 1.82) is 0 Å². The van der Waals surface area contributed by atoms with Crippen molar-refractivity contribution in [3.63, 3.8) is 0 Å². The number of allylic oxidation sites excluding steroid dienone is 7. The van der Waals surface area contributed by atoms with Gasteiger partial charge in [0.25, 0.3) is 0 Å². The summed E-state index contributed by atoms with van der Waals surface area (Å²) in [5, 5.41) is 57.0. The van der Waals surface area contributed by atoms with Gasteiger partial charge in [0.15, 0.2) is 12.4 Å². The Labute approximate surface area is 491 Å². The van der Waals surface area contributed by atoms with Gasteiger partial charge in [0.05, 0.1) is 25.4 Å². The zero-order valence-electron chi connectivity index (χ0n) is 52.0. The normalized spacial score (nSPS) is 19.0. The lowest BCUT2D eigenvalue weighted by Gasteiger charge is -2.41. The van der Waals surface area contributed by atoms with Crippen LogP contribution < -0.4 is 5.32 Å². The van der Waals surface area contributed by atoms with Crippen molar-refractivity contribution < 1.29 is 49.3 Å². The highest BCUT2D eigenvalue weighted by molar-refractivity contribution is 5.80. The zero-order chi connectivity index (χ0) is 58.2. The van der Waals surface area contributed by atoms with E-state index in [1.165, 1.54) is 199 Å². The Morgan fingerprint density at radius 1 is 0.500 bits per heavy atom. The smallest absolute Gasteiger partial charge is 0.306 e. The lowest BCUT2D eigenvalue weighted by molar-refractivity contribution is -0.305. The molecule has 1 amide bonds. The van der Waals surface area contributed by atoms with Gasteiger partial charge in [0, 0.05) is 6.42 Å². The van der Waals surface area contributed by atoms with Gasteiger partial charge >= 0.3 is 5.97 Å². The number of aliphatic hydroxyl groups is 5. The predicted octanol–water partition coefficient (Wildman–Crippen LogP) is 16.8. The Morgan fingerprint density at radius 3 is 1.34 bits per heavy atom. The minimum atomic E-state index is -1.62. The molecule has 0 radical (unpaired) electrons. The molecule has 1 heterocycles. The van der Waals surface area contributed by atoms with E-state index in [4.69, 9.17) is 14.2 Å². The van der Waals surface area contributed by atoms with E-state index in [1.54, 1.807) is 6.08 Å². The first-order valence-electron chi connectivity index (χ1n) is 33.9. The van der Waals surface area contributed by atoms with E-state index in [0.29, 0.717) is 12.8 Å². The Bertz CT molecular complexity index is 1490. The number of ether oxygens (including phenoxy) is 3. The number of carbonyl (C=O) groups is 2. The molecule has 6 N–H and O–H groups in total. The average molecular weight is 1130 g/mol. The molecule has 11 nitrogen and oxygen atoms in total. The summed E-state index contributed by atoms with van der Waals surface area (Å²) < 4.78 is 17.6. The first-order valence-corrected chi connectivity index (χ1v) is 33.9. The van der Waals surface area contributed by atoms with Crippen LogP contribution in [0.2, 0.25) is 0 Å².